The van der Waals surface area contributed by atoms with Gasteiger partial charge in [-0.2, -0.15) is 0 Å². The normalized spacial score (nSPS) is 24.6. The van der Waals surface area contributed by atoms with E-state index in [9.17, 15) is 0 Å². The van der Waals surface area contributed by atoms with Crippen molar-refractivity contribution in [2.75, 3.05) is 45.3 Å². The fourth-order valence-electron chi connectivity index (χ4n) is 3.16. The molecule has 2 aliphatic rings. The second-order valence-electron chi connectivity index (χ2n) is 5.86. The molecule has 3 rings (SSSR count). The van der Waals surface area contributed by atoms with Gasteiger partial charge in [0.15, 0.2) is 0 Å². The molecule has 1 N–H and O–H groups in total. The molecule has 19 heavy (non-hydrogen) atoms. The first-order valence-electron chi connectivity index (χ1n) is 7.33. The Bertz CT molecular complexity index is 446. The number of nitrogens with one attached hydrogen (secondary N) is 1. The van der Waals surface area contributed by atoms with Crippen LogP contribution in [0.15, 0.2) is 18.2 Å². The topological polar surface area (TPSA) is 24.5 Å². The maximum atomic E-state index is 5.05. The highest BCUT2D eigenvalue weighted by molar-refractivity contribution is 5.59. The van der Waals surface area contributed by atoms with Gasteiger partial charge in [-0.05, 0) is 48.4 Å². The largest absolute Gasteiger partial charge is 0.383 e. The lowest BCUT2D eigenvalue weighted by Crippen LogP contribution is -2.21. The van der Waals surface area contributed by atoms with Crippen LogP contribution in [0.3, 0.4) is 0 Å². The molecular weight excluding hydrogens is 236 g/mol. The molecule has 1 heterocycles. The molecule has 0 saturated heterocycles. The van der Waals surface area contributed by atoms with Crippen molar-refractivity contribution in [1.82, 2.24) is 5.32 Å². The van der Waals surface area contributed by atoms with E-state index in [-0.39, 0.29) is 0 Å². The fraction of sp³-hybridized carbons (Fsp3) is 0.625. The Hall–Kier alpha value is -1.06. The van der Waals surface area contributed by atoms with Gasteiger partial charge in [0.2, 0.25) is 0 Å². The molecule has 0 radical (unpaired) electrons. The summed E-state index contributed by atoms with van der Waals surface area (Å²) in [6.07, 6.45) is 2.55. The third-order valence-electron chi connectivity index (χ3n) is 4.47. The van der Waals surface area contributed by atoms with Gasteiger partial charge >= 0.3 is 0 Å². The first-order valence-corrected chi connectivity index (χ1v) is 7.33. The Morgan fingerprint density at radius 3 is 3.16 bits per heavy atom. The van der Waals surface area contributed by atoms with Crippen molar-refractivity contribution < 1.29 is 4.74 Å². The maximum Gasteiger partial charge on any atom is 0.0587 e. The summed E-state index contributed by atoms with van der Waals surface area (Å²) in [6.45, 7) is 4.08. The van der Waals surface area contributed by atoms with Crippen molar-refractivity contribution in [3.8, 4) is 0 Å². The summed E-state index contributed by atoms with van der Waals surface area (Å²) in [5.74, 6) is 1.61. The minimum Gasteiger partial charge on any atom is -0.383 e. The summed E-state index contributed by atoms with van der Waals surface area (Å²) in [5, 5.41) is 3.47. The Morgan fingerprint density at radius 1 is 1.42 bits per heavy atom. The van der Waals surface area contributed by atoms with Crippen molar-refractivity contribution in [2.24, 2.45) is 5.92 Å². The van der Waals surface area contributed by atoms with Crippen LogP contribution in [0.25, 0.3) is 0 Å². The number of hydrogen-bond acceptors (Lipinski definition) is 3. The Labute approximate surface area is 115 Å². The van der Waals surface area contributed by atoms with Crippen LogP contribution in [0.4, 0.5) is 5.69 Å². The number of anilines is 1. The van der Waals surface area contributed by atoms with Gasteiger partial charge in [-0.3, -0.25) is 0 Å². The van der Waals surface area contributed by atoms with E-state index in [1.54, 1.807) is 12.7 Å². The van der Waals surface area contributed by atoms with E-state index < -0.39 is 0 Å². The molecule has 104 valence electrons. The van der Waals surface area contributed by atoms with Crippen molar-refractivity contribution in [3.63, 3.8) is 0 Å². The lowest BCUT2D eigenvalue weighted by Gasteiger charge is -2.12. The predicted molar refractivity (Wildman–Crippen MR) is 79.0 cm³/mol. The summed E-state index contributed by atoms with van der Waals surface area (Å²) in [5.41, 5.74) is 4.52. The van der Waals surface area contributed by atoms with E-state index in [1.165, 1.54) is 30.6 Å². The smallest absolute Gasteiger partial charge is 0.0587 e. The number of rotatable bonds is 6. The predicted octanol–water partition coefficient (Wildman–Crippen LogP) is 2.02. The van der Waals surface area contributed by atoms with Crippen LogP contribution in [-0.4, -0.2) is 40.4 Å². The van der Waals surface area contributed by atoms with Gasteiger partial charge in [-0.25, -0.2) is 0 Å². The molecule has 0 amide bonds. The average molecular weight is 260 g/mol. The molecule has 0 spiro atoms. The lowest BCUT2D eigenvalue weighted by molar-refractivity contribution is 0.199. The third-order valence-corrected chi connectivity index (χ3v) is 4.47. The highest BCUT2D eigenvalue weighted by atomic mass is 16.5. The van der Waals surface area contributed by atoms with E-state index in [0.29, 0.717) is 0 Å². The van der Waals surface area contributed by atoms with Crippen molar-refractivity contribution in [1.29, 1.82) is 0 Å². The van der Waals surface area contributed by atoms with Crippen molar-refractivity contribution in [2.45, 2.75) is 18.8 Å². The third kappa shape index (κ3) is 2.77. The molecule has 0 bridgehead atoms. The fourth-order valence-corrected chi connectivity index (χ4v) is 3.16. The standard InChI is InChI=1S/C16H24N2O/c1-18-7-5-13-9-12(3-4-16(13)18)15-10-14(15)11-17-6-8-19-2/h3-4,9,14-15,17H,5-8,10-11H2,1-2H3. The van der Waals surface area contributed by atoms with Crippen molar-refractivity contribution >= 4 is 5.69 Å². The second kappa shape index (κ2) is 5.51. The number of ether oxygens (including phenoxy) is 1. The van der Waals surface area contributed by atoms with Crippen LogP contribution in [0.2, 0.25) is 0 Å². The highest BCUT2D eigenvalue weighted by Crippen LogP contribution is 2.48. The summed E-state index contributed by atoms with van der Waals surface area (Å²) >= 11 is 0. The van der Waals surface area contributed by atoms with Crippen LogP contribution in [-0.2, 0) is 11.2 Å². The van der Waals surface area contributed by atoms with E-state index in [2.05, 4.69) is 35.5 Å². The van der Waals surface area contributed by atoms with Crippen LogP contribution in [0, 0.1) is 5.92 Å². The molecule has 1 fully saturated rings. The summed E-state index contributed by atoms with van der Waals surface area (Å²) in [7, 11) is 3.94. The van der Waals surface area contributed by atoms with E-state index in [4.69, 9.17) is 4.74 Å². The summed E-state index contributed by atoms with van der Waals surface area (Å²) < 4.78 is 5.05. The molecule has 3 heteroatoms. The first kappa shape index (κ1) is 12.9. The van der Waals surface area contributed by atoms with E-state index >= 15 is 0 Å². The van der Waals surface area contributed by atoms with Crippen LogP contribution >= 0.6 is 0 Å². The van der Waals surface area contributed by atoms with Gasteiger partial charge in [0.05, 0.1) is 6.61 Å². The number of likely N-dealkylation sites (N-methyl/N-ethyl adjacent to an activating group) is 1. The number of nitrogens with zero attached hydrogens (tertiary/aromatic N) is 1. The van der Waals surface area contributed by atoms with Crippen molar-refractivity contribution in [3.05, 3.63) is 29.3 Å². The zero-order valence-corrected chi connectivity index (χ0v) is 12.0. The summed E-state index contributed by atoms with van der Waals surface area (Å²) in [4.78, 5) is 2.36. The van der Waals surface area contributed by atoms with Crippen LogP contribution in [0.1, 0.15) is 23.5 Å². The number of fused-ring (bicyclic) bond motifs is 1. The Balaban J connectivity index is 1.54. The average Bonchev–Trinajstić information content (AvgIpc) is 3.12. The molecule has 1 aliphatic carbocycles. The first-order chi connectivity index (χ1) is 9.29. The molecule has 2 unspecified atom stereocenters. The van der Waals surface area contributed by atoms with Gasteiger partial charge < -0.3 is 15.0 Å². The number of benzene rings is 1. The van der Waals surface area contributed by atoms with E-state index in [1.807, 2.05) is 0 Å². The quantitative estimate of drug-likeness (QED) is 0.792. The van der Waals surface area contributed by atoms with Gasteiger partial charge in [0.25, 0.3) is 0 Å². The molecule has 3 nitrogen and oxygen atoms in total. The molecule has 2 atom stereocenters. The Morgan fingerprint density at radius 2 is 2.32 bits per heavy atom. The van der Waals surface area contributed by atoms with Gasteiger partial charge in [0.1, 0.15) is 0 Å². The SMILES string of the molecule is COCCNCC1CC1c1ccc2c(c1)CCN2C. The minimum atomic E-state index is 0.784. The maximum absolute atomic E-state index is 5.05. The van der Waals surface area contributed by atoms with Gasteiger partial charge in [0, 0.05) is 32.9 Å². The van der Waals surface area contributed by atoms with Gasteiger partial charge in [-0.15, -0.1) is 0 Å². The zero-order chi connectivity index (χ0) is 13.2. The van der Waals surface area contributed by atoms with Crippen LogP contribution in [0.5, 0.6) is 0 Å². The molecule has 1 saturated carbocycles. The molecular formula is C16H24N2O. The molecule has 1 aromatic rings. The zero-order valence-electron chi connectivity index (χ0n) is 12.0. The lowest BCUT2D eigenvalue weighted by atomic mass is 10.0. The molecule has 1 aromatic carbocycles. The van der Waals surface area contributed by atoms with E-state index in [0.717, 1.165) is 31.5 Å². The van der Waals surface area contributed by atoms with Crippen LogP contribution < -0.4 is 10.2 Å². The van der Waals surface area contributed by atoms with Gasteiger partial charge in [-0.1, -0.05) is 12.1 Å². The Kier molecular flexibility index (Phi) is 3.76. The second-order valence-corrected chi connectivity index (χ2v) is 5.86. The number of methoxy groups -OCH3 is 1. The number of hydrogen-bond donors (Lipinski definition) is 1. The monoisotopic (exact) mass is 260 g/mol. The molecule has 0 aromatic heterocycles. The minimum absolute atomic E-state index is 0.784. The summed E-state index contributed by atoms with van der Waals surface area (Å²) in [6, 6.07) is 7.09. The highest BCUT2D eigenvalue weighted by Gasteiger charge is 2.38. The molecule has 1 aliphatic heterocycles.